The smallest absolute Gasteiger partial charge is 0.168 e. The number of ketones is 1. The van der Waals surface area contributed by atoms with E-state index < -0.39 is 0 Å². The molecule has 2 atom stereocenters. The summed E-state index contributed by atoms with van der Waals surface area (Å²) in [5, 5.41) is 12.4. The Morgan fingerprint density at radius 1 is 1.15 bits per heavy atom. The number of rotatable bonds is 6. The van der Waals surface area contributed by atoms with Crippen molar-refractivity contribution in [3.8, 4) is 0 Å². The molecule has 3 N–H and O–H groups in total. The molecule has 0 aromatic heterocycles. The molecule has 1 aliphatic rings. The van der Waals surface area contributed by atoms with E-state index in [-0.39, 0.29) is 40.5 Å². The van der Waals surface area contributed by atoms with Crippen LogP contribution in [0.15, 0.2) is 24.3 Å². The van der Waals surface area contributed by atoms with E-state index in [0.717, 1.165) is 37.9 Å². The molecule has 0 saturated heterocycles. The van der Waals surface area contributed by atoms with Crippen LogP contribution in [0.25, 0.3) is 0 Å². The third-order valence-corrected chi connectivity index (χ3v) is 5.71. The lowest BCUT2D eigenvalue weighted by atomic mass is 9.63. The SMILES string of the molecule is CC1(C)CC(O)CC(C)(C[NH2+]CCC(=O)c2ccc(C(C)(C)C)cc2)C1.[Cl-]. The summed E-state index contributed by atoms with van der Waals surface area (Å²) < 4.78 is 0. The summed E-state index contributed by atoms with van der Waals surface area (Å²) in [7, 11) is 0. The lowest BCUT2D eigenvalue weighted by molar-refractivity contribution is -0.666. The highest BCUT2D eigenvalue weighted by Gasteiger charge is 2.41. The van der Waals surface area contributed by atoms with Gasteiger partial charge in [-0.25, -0.2) is 0 Å². The second-order valence-corrected chi connectivity index (χ2v) is 10.5. The van der Waals surface area contributed by atoms with Gasteiger partial charge in [0.25, 0.3) is 0 Å². The summed E-state index contributed by atoms with van der Waals surface area (Å²) in [4.78, 5) is 12.4. The first kappa shape index (κ1) is 24.1. The molecule has 1 aromatic carbocycles. The molecule has 0 heterocycles. The number of quaternary nitrogens is 1. The Bertz CT molecular complexity index is 618. The van der Waals surface area contributed by atoms with Crippen LogP contribution < -0.4 is 17.7 Å². The van der Waals surface area contributed by atoms with Crippen molar-refractivity contribution in [2.24, 2.45) is 10.8 Å². The van der Waals surface area contributed by atoms with E-state index in [1.54, 1.807) is 0 Å². The Morgan fingerprint density at radius 2 is 1.74 bits per heavy atom. The van der Waals surface area contributed by atoms with Gasteiger partial charge in [-0.15, -0.1) is 0 Å². The van der Waals surface area contributed by atoms with Crippen molar-refractivity contribution in [3.05, 3.63) is 35.4 Å². The van der Waals surface area contributed by atoms with Gasteiger partial charge in [0.1, 0.15) is 0 Å². The highest BCUT2D eigenvalue weighted by Crippen LogP contribution is 2.45. The average Bonchev–Trinajstić information content (AvgIpc) is 2.48. The molecule has 2 unspecified atom stereocenters. The zero-order chi connectivity index (χ0) is 19.6. The molecule has 0 radical (unpaired) electrons. The number of hydrogen-bond donors (Lipinski definition) is 2. The fraction of sp³-hybridized carbons (Fsp3) is 0.696. The molecule has 2 rings (SSSR count). The predicted octanol–water partition coefficient (Wildman–Crippen LogP) is 0.702. The lowest BCUT2D eigenvalue weighted by Crippen LogP contribution is -3.00. The number of aliphatic hydroxyl groups excluding tert-OH is 1. The van der Waals surface area contributed by atoms with Gasteiger partial charge in [-0.2, -0.15) is 0 Å². The van der Waals surface area contributed by atoms with E-state index in [4.69, 9.17) is 0 Å². The Labute approximate surface area is 171 Å². The monoisotopic (exact) mass is 395 g/mol. The summed E-state index contributed by atoms with van der Waals surface area (Å²) >= 11 is 0. The normalized spacial score (nSPS) is 24.9. The lowest BCUT2D eigenvalue weighted by Gasteiger charge is -2.44. The first-order valence-corrected chi connectivity index (χ1v) is 10.0. The van der Waals surface area contributed by atoms with Crippen molar-refractivity contribution in [1.82, 2.24) is 0 Å². The van der Waals surface area contributed by atoms with Crippen LogP contribution in [-0.2, 0) is 5.41 Å². The fourth-order valence-electron chi connectivity index (χ4n) is 4.72. The molecular formula is C23H38ClNO2. The number of Topliss-reactive ketones (excluding diaryl/α,β-unsaturated/α-hetero) is 1. The van der Waals surface area contributed by atoms with Crippen molar-refractivity contribution in [1.29, 1.82) is 0 Å². The van der Waals surface area contributed by atoms with Crippen LogP contribution in [0.3, 0.4) is 0 Å². The minimum absolute atomic E-state index is 0. The minimum atomic E-state index is -0.194. The maximum atomic E-state index is 12.4. The molecule has 1 aliphatic carbocycles. The van der Waals surface area contributed by atoms with Crippen molar-refractivity contribution >= 4 is 5.78 Å². The van der Waals surface area contributed by atoms with Crippen LogP contribution in [-0.4, -0.2) is 30.1 Å². The third-order valence-electron chi connectivity index (χ3n) is 5.71. The standard InChI is InChI=1S/C23H37NO2.ClH/c1-21(2,3)18-9-7-17(8-10-18)20(26)11-12-24-16-23(6)14-19(25)13-22(4,5)15-23;/h7-10,19,24-25H,11-16H2,1-6H3;1H. The molecular weight excluding hydrogens is 358 g/mol. The first-order valence-electron chi connectivity index (χ1n) is 10.0. The highest BCUT2D eigenvalue weighted by atomic mass is 35.5. The largest absolute Gasteiger partial charge is 1.00 e. The van der Waals surface area contributed by atoms with E-state index in [9.17, 15) is 9.90 Å². The van der Waals surface area contributed by atoms with Crippen LogP contribution in [0.1, 0.15) is 83.1 Å². The van der Waals surface area contributed by atoms with Crippen molar-refractivity contribution in [2.45, 2.75) is 78.7 Å². The van der Waals surface area contributed by atoms with E-state index >= 15 is 0 Å². The second kappa shape index (κ2) is 9.07. The highest BCUT2D eigenvalue weighted by molar-refractivity contribution is 5.96. The maximum Gasteiger partial charge on any atom is 0.168 e. The minimum Gasteiger partial charge on any atom is -1.00 e. The van der Waals surface area contributed by atoms with Gasteiger partial charge >= 0.3 is 0 Å². The predicted molar refractivity (Wildman–Crippen MR) is 107 cm³/mol. The summed E-state index contributed by atoms with van der Waals surface area (Å²) in [5.74, 6) is 0.218. The van der Waals surface area contributed by atoms with Crippen molar-refractivity contribution in [3.63, 3.8) is 0 Å². The molecule has 1 fully saturated rings. The number of carbonyl (C=O) groups excluding carboxylic acids is 1. The third kappa shape index (κ3) is 7.21. The van der Waals surface area contributed by atoms with E-state index in [2.05, 4.69) is 59.0 Å². The molecule has 3 nitrogen and oxygen atoms in total. The topological polar surface area (TPSA) is 53.9 Å². The van der Waals surface area contributed by atoms with Crippen LogP contribution in [0.2, 0.25) is 0 Å². The van der Waals surface area contributed by atoms with E-state index in [0.29, 0.717) is 6.42 Å². The second-order valence-electron chi connectivity index (χ2n) is 10.5. The number of hydrogen-bond acceptors (Lipinski definition) is 2. The van der Waals surface area contributed by atoms with Crippen LogP contribution in [0.5, 0.6) is 0 Å². The van der Waals surface area contributed by atoms with Crippen LogP contribution >= 0.6 is 0 Å². The molecule has 0 aliphatic heterocycles. The van der Waals surface area contributed by atoms with Crippen LogP contribution in [0.4, 0.5) is 0 Å². The Morgan fingerprint density at radius 3 is 2.26 bits per heavy atom. The van der Waals surface area contributed by atoms with Crippen LogP contribution in [0, 0.1) is 10.8 Å². The van der Waals surface area contributed by atoms with Gasteiger partial charge in [-0.1, -0.05) is 65.8 Å². The van der Waals surface area contributed by atoms with E-state index in [1.807, 2.05) is 12.1 Å². The van der Waals surface area contributed by atoms with Crippen molar-refractivity contribution in [2.75, 3.05) is 13.1 Å². The number of nitrogens with two attached hydrogens (primary N) is 1. The summed E-state index contributed by atoms with van der Waals surface area (Å²) in [6.45, 7) is 15.1. The number of aliphatic hydroxyl groups is 1. The van der Waals surface area contributed by atoms with Gasteiger partial charge in [0.05, 0.1) is 25.6 Å². The van der Waals surface area contributed by atoms with Crippen molar-refractivity contribution < 1.29 is 27.6 Å². The summed E-state index contributed by atoms with van der Waals surface area (Å²) in [6, 6.07) is 8.07. The van der Waals surface area contributed by atoms with Gasteiger partial charge in [0.2, 0.25) is 0 Å². The number of benzene rings is 1. The first-order chi connectivity index (χ1) is 11.9. The summed E-state index contributed by atoms with van der Waals surface area (Å²) in [5.41, 5.74) is 2.53. The van der Waals surface area contributed by atoms with Gasteiger partial charge in [0, 0.05) is 11.0 Å². The van der Waals surface area contributed by atoms with Gasteiger partial charge in [0.15, 0.2) is 5.78 Å². The molecule has 1 aromatic rings. The molecule has 154 valence electrons. The van der Waals surface area contributed by atoms with Gasteiger partial charge in [-0.05, 0) is 35.7 Å². The summed E-state index contributed by atoms with van der Waals surface area (Å²) in [6.07, 6.45) is 3.27. The number of carbonyl (C=O) groups is 1. The molecule has 27 heavy (non-hydrogen) atoms. The fourth-order valence-corrected chi connectivity index (χ4v) is 4.72. The Balaban J connectivity index is 0.00000364. The van der Waals surface area contributed by atoms with Gasteiger partial charge < -0.3 is 22.8 Å². The Hall–Kier alpha value is -0.900. The molecule has 4 heteroatoms. The average molecular weight is 396 g/mol. The zero-order valence-electron chi connectivity index (χ0n) is 17.9. The van der Waals surface area contributed by atoms with E-state index in [1.165, 1.54) is 5.56 Å². The zero-order valence-corrected chi connectivity index (χ0v) is 18.7. The molecule has 1 saturated carbocycles. The molecule has 0 bridgehead atoms. The Kier molecular flexibility index (Phi) is 8.11. The van der Waals surface area contributed by atoms with Gasteiger partial charge in [-0.3, -0.25) is 4.79 Å². The maximum absolute atomic E-state index is 12.4. The quantitative estimate of drug-likeness (QED) is 0.550. The number of halogens is 1. The molecule has 0 spiro atoms. The molecule has 0 amide bonds.